The molecule has 0 spiro atoms. The Morgan fingerprint density at radius 3 is 2.17 bits per heavy atom. The molecule has 0 amide bonds. The molecule has 2 heteroatoms. The maximum atomic E-state index is 3.51. The highest BCUT2D eigenvalue weighted by Crippen LogP contribution is 2.09. The molecule has 0 saturated carbocycles. The van der Waals surface area contributed by atoms with E-state index < -0.39 is 0 Å². The van der Waals surface area contributed by atoms with Crippen LogP contribution in [0.2, 0.25) is 0 Å². The van der Waals surface area contributed by atoms with Crippen LogP contribution in [0.3, 0.4) is 0 Å². The van der Waals surface area contributed by atoms with E-state index in [9.17, 15) is 0 Å². The molecule has 12 heavy (non-hydrogen) atoms. The molecule has 0 aromatic heterocycles. The Morgan fingerprint density at radius 1 is 1.08 bits per heavy atom. The van der Waals surface area contributed by atoms with Crippen molar-refractivity contribution in [2.24, 2.45) is 0 Å². The third kappa shape index (κ3) is 2.78. The minimum atomic E-state index is 0.361. The maximum Gasteiger partial charge on any atom is 0.130 e. The molecule has 0 aliphatic carbocycles. The van der Waals surface area contributed by atoms with E-state index in [1.165, 1.54) is 17.2 Å². The largest absolute Gasteiger partial charge is 0.207 e. The highest BCUT2D eigenvalue weighted by Gasteiger charge is 2.11. The average Bonchev–Trinajstić information content (AvgIpc) is 2.16. The first-order valence-corrected chi connectivity index (χ1v) is 5.92. The fourth-order valence-corrected chi connectivity index (χ4v) is 2.19. The Hall–Kier alpha value is -0.630. The van der Waals surface area contributed by atoms with E-state index in [0.29, 0.717) is 11.1 Å². The highest BCUT2D eigenvalue weighted by atomic mass is 32.2. The predicted molar refractivity (Wildman–Crippen MR) is 58.5 cm³/mol. The second kappa shape index (κ2) is 5.09. The van der Waals surface area contributed by atoms with E-state index >= 15 is 0 Å². The molecule has 1 aromatic carbocycles. The van der Waals surface area contributed by atoms with Crippen LogP contribution < -0.4 is 4.72 Å². The van der Waals surface area contributed by atoms with E-state index in [-0.39, 0.29) is 0 Å². The lowest BCUT2D eigenvalue weighted by Crippen LogP contribution is -2.17. The summed E-state index contributed by atoms with van der Waals surface area (Å²) in [4.78, 5) is 0. The number of nitrogens with one attached hydrogen (secondary N) is 1. The molecule has 0 fully saturated rings. The Bertz CT molecular complexity index is 206. The van der Waals surface area contributed by atoms with Crippen molar-refractivity contribution in [3.63, 3.8) is 0 Å². The lowest BCUT2D eigenvalue weighted by Gasteiger charge is -2.05. The first kappa shape index (κ1) is 9.46. The minimum absolute atomic E-state index is 0.361. The van der Waals surface area contributed by atoms with Crippen LogP contribution in [0, 0.1) is 0 Å². The predicted octanol–water partition coefficient (Wildman–Crippen LogP) is 2.67. The summed E-state index contributed by atoms with van der Waals surface area (Å²) in [5.41, 5.74) is 1.24. The van der Waals surface area contributed by atoms with Gasteiger partial charge in [0, 0.05) is 0 Å². The average molecular weight is 182 g/mol. The SMILES string of the molecule is CC[S+](CC)Nc1ccccc1. The molecule has 0 atom stereocenters. The number of rotatable bonds is 4. The fraction of sp³-hybridized carbons (Fsp3) is 0.400. The molecule has 0 unspecified atom stereocenters. The van der Waals surface area contributed by atoms with Crippen molar-refractivity contribution in [3.8, 4) is 0 Å². The Kier molecular flexibility index (Phi) is 4.01. The van der Waals surface area contributed by atoms with Crippen molar-refractivity contribution in [2.45, 2.75) is 13.8 Å². The van der Waals surface area contributed by atoms with Crippen molar-refractivity contribution in [1.29, 1.82) is 0 Å². The van der Waals surface area contributed by atoms with Gasteiger partial charge in [0.1, 0.15) is 11.5 Å². The fourth-order valence-electron chi connectivity index (χ4n) is 1.02. The van der Waals surface area contributed by atoms with Gasteiger partial charge in [0.25, 0.3) is 0 Å². The number of para-hydroxylation sites is 1. The summed E-state index contributed by atoms with van der Waals surface area (Å²) in [7, 11) is 0. The van der Waals surface area contributed by atoms with Gasteiger partial charge in [-0.1, -0.05) is 18.2 Å². The molecule has 1 nitrogen and oxygen atoms in total. The molecule has 0 heterocycles. The van der Waals surface area contributed by atoms with Gasteiger partial charge in [-0.25, -0.2) is 4.72 Å². The normalized spacial score (nSPS) is 10.2. The first-order chi connectivity index (χ1) is 5.86. The van der Waals surface area contributed by atoms with Gasteiger partial charge in [-0.3, -0.25) is 0 Å². The van der Waals surface area contributed by atoms with Gasteiger partial charge in [-0.05, 0) is 26.0 Å². The Morgan fingerprint density at radius 2 is 1.67 bits per heavy atom. The summed E-state index contributed by atoms with van der Waals surface area (Å²) in [5, 5.41) is 0. The van der Waals surface area contributed by atoms with Gasteiger partial charge in [-0.15, -0.1) is 0 Å². The van der Waals surface area contributed by atoms with Crippen LogP contribution >= 0.6 is 0 Å². The molecule has 0 saturated heterocycles. The van der Waals surface area contributed by atoms with Crippen molar-refractivity contribution in [1.82, 2.24) is 0 Å². The monoisotopic (exact) mass is 182 g/mol. The molecule has 66 valence electrons. The first-order valence-electron chi connectivity index (χ1n) is 4.36. The van der Waals surface area contributed by atoms with E-state index in [2.05, 4.69) is 42.8 Å². The lowest BCUT2D eigenvalue weighted by molar-refractivity contribution is 1.42. The van der Waals surface area contributed by atoms with Crippen LogP contribution in [-0.2, 0) is 11.1 Å². The molecular weight excluding hydrogens is 166 g/mol. The third-order valence-electron chi connectivity index (χ3n) is 1.73. The Balaban J connectivity index is 2.51. The summed E-state index contributed by atoms with van der Waals surface area (Å²) < 4.78 is 3.51. The third-order valence-corrected chi connectivity index (χ3v) is 3.65. The number of anilines is 1. The molecule has 1 aromatic rings. The van der Waals surface area contributed by atoms with Crippen LogP contribution in [0.1, 0.15) is 13.8 Å². The van der Waals surface area contributed by atoms with E-state index in [1.54, 1.807) is 0 Å². The van der Waals surface area contributed by atoms with Crippen LogP contribution in [0.5, 0.6) is 0 Å². The smallest absolute Gasteiger partial charge is 0.130 e. The molecule has 1 rings (SSSR count). The molecular formula is C10H16NS+. The molecule has 0 bridgehead atoms. The quantitative estimate of drug-likeness (QED) is 0.706. The number of hydrogen-bond donors (Lipinski definition) is 1. The minimum Gasteiger partial charge on any atom is -0.207 e. The second-order valence-electron chi connectivity index (χ2n) is 2.54. The zero-order valence-electron chi connectivity index (χ0n) is 7.71. The summed E-state index contributed by atoms with van der Waals surface area (Å²) in [6.07, 6.45) is 0. The van der Waals surface area contributed by atoms with Gasteiger partial charge in [0.2, 0.25) is 0 Å². The number of hydrogen-bond acceptors (Lipinski definition) is 1. The zero-order chi connectivity index (χ0) is 8.81. The summed E-state index contributed by atoms with van der Waals surface area (Å²) >= 11 is 0.361. The molecule has 1 N–H and O–H groups in total. The zero-order valence-corrected chi connectivity index (χ0v) is 8.53. The van der Waals surface area contributed by atoms with E-state index in [4.69, 9.17) is 0 Å². The standard InChI is InChI=1S/C10H16NS/c1-3-12(4-2)11-10-8-6-5-7-9-10/h5-9,11H,3-4H2,1-2H3/q+1. The second-order valence-corrected chi connectivity index (χ2v) is 4.88. The van der Waals surface area contributed by atoms with Gasteiger partial charge in [0.05, 0.1) is 16.8 Å². The van der Waals surface area contributed by atoms with Crippen LogP contribution in [0.15, 0.2) is 30.3 Å². The van der Waals surface area contributed by atoms with Crippen molar-refractivity contribution < 1.29 is 0 Å². The summed E-state index contributed by atoms with van der Waals surface area (Å²) in [6.45, 7) is 4.45. The van der Waals surface area contributed by atoms with E-state index in [0.717, 1.165) is 0 Å². The van der Waals surface area contributed by atoms with Crippen molar-refractivity contribution >= 4 is 16.8 Å². The van der Waals surface area contributed by atoms with Crippen LogP contribution in [0.4, 0.5) is 5.69 Å². The summed E-state index contributed by atoms with van der Waals surface area (Å²) in [6, 6.07) is 10.4. The lowest BCUT2D eigenvalue weighted by atomic mass is 10.3. The van der Waals surface area contributed by atoms with Gasteiger partial charge >= 0.3 is 0 Å². The highest BCUT2D eigenvalue weighted by molar-refractivity contribution is 7.98. The molecule has 0 aliphatic rings. The maximum absolute atomic E-state index is 3.51. The van der Waals surface area contributed by atoms with Gasteiger partial charge in [-0.2, -0.15) is 0 Å². The van der Waals surface area contributed by atoms with Crippen molar-refractivity contribution in [3.05, 3.63) is 30.3 Å². The van der Waals surface area contributed by atoms with Crippen LogP contribution in [0.25, 0.3) is 0 Å². The van der Waals surface area contributed by atoms with Crippen LogP contribution in [-0.4, -0.2) is 11.5 Å². The van der Waals surface area contributed by atoms with Gasteiger partial charge in [0.15, 0.2) is 0 Å². The van der Waals surface area contributed by atoms with Crippen molar-refractivity contribution in [2.75, 3.05) is 16.2 Å². The number of benzene rings is 1. The Labute approximate surface area is 77.7 Å². The molecule has 0 aliphatic heterocycles. The van der Waals surface area contributed by atoms with E-state index in [1.807, 2.05) is 6.07 Å². The van der Waals surface area contributed by atoms with Gasteiger partial charge < -0.3 is 0 Å². The topological polar surface area (TPSA) is 12.0 Å². The summed E-state index contributed by atoms with van der Waals surface area (Å²) in [5.74, 6) is 2.43. The molecule has 0 radical (unpaired) electrons.